The zero-order chi connectivity index (χ0) is 17.0. The third-order valence-corrected chi connectivity index (χ3v) is 9.23. The second-order valence-electron chi connectivity index (χ2n) is 8.04. The summed E-state index contributed by atoms with van der Waals surface area (Å²) in [6.07, 6.45) is 4.67. The normalized spacial score (nSPS) is 26.5. The van der Waals surface area contributed by atoms with Crippen molar-refractivity contribution in [1.29, 1.82) is 0 Å². The van der Waals surface area contributed by atoms with Crippen LogP contribution in [0.5, 0.6) is 0 Å². The van der Waals surface area contributed by atoms with Crippen LogP contribution in [-0.4, -0.2) is 45.1 Å². The van der Waals surface area contributed by atoms with E-state index >= 15 is 0 Å². The molecule has 0 unspecified atom stereocenters. The van der Waals surface area contributed by atoms with Crippen LogP contribution in [0.4, 0.5) is 0 Å². The lowest BCUT2D eigenvalue weighted by Gasteiger charge is -2.41. The molecule has 1 heterocycles. The Morgan fingerprint density at radius 2 is 1.95 bits per heavy atom. The Bertz CT molecular complexity index is 371. The third kappa shape index (κ3) is 5.78. The van der Waals surface area contributed by atoms with E-state index in [9.17, 15) is 0 Å². The average molecular weight is 331 g/mol. The monoisotopic (exact) mass is 330 g/mol. The van der Waals surface area contributed by atoms with Gasteiger partial charge in [0.2, 0.25) is 0 Å². The Balaban J connectivity index is 2.60. The highest BCUT2D eigenvalue weighted by atomic mass is 28.4. The van der Waals surface area contributed by atoms with E-state index in [4.69, 9.17) is 19.0 Å². The molecule has 0 radical (unpaired) electrons. The molecule has 1 aliphatic heterocycles. The lowest BCUT2D eigenvalue weighted by Crippen LogP contribution is -2.46. The second kappa shape index (κ2) is 7.58. The highest BCUT2D eigenvalue weighted by Crippen LogP contribution is 2.37. The van der Waals surface area contributed by atoms with Gasteiger partial charge in [-0.3, -0.25) is 0 Å². The molecule has 5 heteroatoms. The van der Waals surface area contributed by atoms with Crippen molar-refractivity contribution in [3.8, 4) is 0 Å². The largest absolute Gasteiger partial charge is 0.417 e. The maximum absolute atomic E-state index is 8.97. The smallest absolute Gasteiger partial charge is 0.191 e. The van der Waals surface area contributed by atoms with Crippen LogP contribution < -0.4 is 0 Å². The van der Waals surface area contributed by atoms with E-state index in [1.54, 1.807) is 6.08 Å². The summed E-state index contributed by atoms with van der Waals surface area (Å²) in [5.74, 6) is -0.381. The molecular weight excluding hydrogens is 296 g/mol. The molecule has 0 saturated carbocycles. The van der Waals surface area contributed by atoms with Gasteiger partial charge in [-0.2, -0.15) is 0 Å². The highest BCUT2D eigenvalue weighted by molar-refractivity contribution is 6.74. The fraction of sp³-hybridized carbons (Fsp3) is 0.882. The first kappa shape index (κ1) is 19.8. The number of rotatable bonds is 6. The average Bonchev–Trinajstić information content (AvgIpc) is 2.35. The molecule has 0 spiro atoms. The molecule has 0 aromatic carbocycles. The zero-order valence-corrected chi connectivity index (χ0v) is 16.3. The van der Waals surface area contributed by atoms with Crippen LogP contribution in [0.2, 0.25) is 18.1 Å². The van der Waals surface area contributed by atoms with Crippen LogP contribution >= 0.6 is 0 Å². The minimum atomic E-state index is -1.72. The minimum Gasteiger partial charge on any atom is -0.417 e. The molecule has 1 fully saturated rings. The molecule has 0 bridgehead atoms. The van der Waals surface area contributed by atoms with Crippen molar-refractivity contribution < 1.29 is 19.0 Å². The summed E-state index contributed by atoms with van der Waals surface area (Å²) in [6.45, 7) is 16.6. The van der Waals surface area contributed by atoms with E-state index in [-0.39, 0.29) is 23.7 Å². The van der Waals surface area contributed by atoms with Crippen LogP contribution in [-0.2, 0) is 13.9 Å². The van der Waals surface area contributed by atoms with Crippen LogP contribution in [0.15, 0.2) is 12.2 Å². The summed E-state index contributed by atoms with van der Waals surface area (Å²) in [5.41, 5.74) is 0. The molecular formula is C17H34O4Si. The molecule has 4 nitrogen and oxygen atoms in total. The first-order valence-electron chi connectivity index (χ1n) is 8.22. The summed E-state index contributed by atoms with van der Waals surface area (Å²) in [5, 5.41) is 9.19. The van der Waals surface area contributed by atoms with Crippen LogP contribution in [0.25, 0.3) is 0 Å². The molecule has 1 N–H and O–H groups in total. The van der Waals surface area contributed by atoms with Gasteiger partial charge in [0.1, 0.15) is 0 Å². The summed E-state index contributed by atoms with van der Waals surface area (Å²) in [7, 11) is -1.72. The predicted molar refractivity (Wildman–Crippen MR) is 92.4 cm³/mol. The number of aliphatic hydroxyl groups excluding tert-OH is 1. The quantitative estimate of drug-likeness (QED) is 0.596. The van der Waals surface area contributed by atoms with E-state index < -0.39 is 14.1 Å². The van der Waals surface area contributed by atoms with Gasteiger partial charge in [-0.25, -0.2) is 0 Å². The molecule has 22 heavy (non-hydrogen) atoms. The van der Waals surface area contributed by atoms with Gasteiger partial charge in [-0.15, -0.1) is 0 Å². The summed E-state index contributed by atoms with van der Waals surface area (Å²) >= 11 is 0. The van der Waals surface area contributed by atoms with Crippen molar-refractivity contribution in [3.63, 3.8) is 0 Å². The SMILES string of the molecule is CC1(C)OC[C@H](/C=C/CO)[C@@H](CCO[Si](C)(C)C(C)(C)C)O1. The maximum atomic E-state index is 8.97. The molecule has 0 aromatic heterocycles. The van der Waals surface area contributed by atoms with Gasteiger partial charge >= 0.3 is 0 Å². The zero-order valence-electron chi connectivity index (χ0n) is 15.3. The Hall–Kier alpha value is -0.203. The molecule has 130 valence electrons. The van der Waals surface area contributed by atoms with Gasteiger partial charge in [0, 0.05) is 12.5 Å². The van der Waals surface area contributed by atoms with E-state index in [1.807, 2.05) is 19.9 Å². The van der Waals surface area contributed by atoms with E-state index in [0.29, 0.717) is 13.2 Å². The number of aliphatic hydroxyl groups is 1. The lowest BCUT2D eigenvalue weighted by atomic mass is 9.98. The Morgan fingerprint density at radius 1 is 1.32 bits per heavy atom. The van der Waals surface area contributed by atoms with Crippen molar-refractivity contribution in [2.45, 2.75) is 71.1 Å². The van der Waals surface area contributed by atoms with Gasteiger partial charge in [-0.1, -0.05) is 32.9 Å². The van der Waals surface area contributed by atoms with Crippen molar-refractivity contribution >= 4 is 8.32 Å². The molecule has 0 amide bonds. The van der Waals surface area contributed by atoms with Crippen molar-refractivity contribution in [2.24, 2.45) is 5.92 Å². The molecule has 1 rings (SSSR count). The maximum Gasteiger partial charge on any atom is 0.191 e. The third-order valence-electron chi connectivity index (χ3n) is 4.70. The molecule has 1 saturated heterocycles. The van der Waals surface area contributed by atoms with Gasteiger partial charge in [-0.05, 0) is 38.4 Å². The van der Waals surface area contributed by atoms with Crippen LogP contribution in [0.1, 0.15) is 41.0 Å². The first-order chi connectivity index (χ1) is 9.98. The van der Waals surface area contributed by atoms with Gasteiger partial charge < -0.3 is 19.0 Å². The molecule has 0 aromatic rings. The minimum absolute atomic E-state index is 0.0487. The van der Waals surface area contributed by atoms with Crippen molar-refractivity contribution in [1.82, 2.24) is 0 Å². The summed E-state index contributed by atoms with van der Waals surface area (Å²) < 4.78 is 18.0. The van der Waals surface area contributed by atoms with E-state index in [0.717, 1.165) is 6.42 Å². The van der Waals surface area contributed by atoms with Crippen LogP contribution in [0, 0.1) is 5.92 Å². The molecule has 1 aliphatic rings. The lowest BCUT2D eigenvalue weighted by molar-refractivity contribution is -0.288. The number of hydrogen-bond donors (Lipinski definition) is 1. The van der Waals surface area contributed by atoms with Crippen molar-refractivity contribution in [2.75, 3.05) is 19.8 Å². The Kier molecular flexibility index (Phi) is 6.83. The van der Waals surface area contributed by atoms with E-state index in [2.05, 4.69) is 33.9 Å². The van der Waals surface area contributed by atoms with Crippen molar-refractivity contribution in [3.05, 3.63) is 12.2 Å². The standard InChI is InChI=1S/C17H34O4Si/c1-16(2,3)22(6,7)20-12-10-15-14(9-8-11-18)13-19-17(4,5)21-15/h8-9,14-15,18H,10-13H2,1-7H3/b9-8+/t14-,15+/m0/s1. The van der Waals surface area contributed by atoms with Crippen LogP contribution in [0.3, 0.4) is 0 Å². The van der Waals surface area contributed by atoms with E-state index in [1.165, 1.54) is 0 Å². The fourth-order valence-corrected chi connectivity index (χ4v) is 3.29. The Labute approximate surface area is 137 Å². The predicted octanol–water partition coefficient (Wildman–Crippen LogP) is 3.71. The first-order valence-corrected chi connectivity index (χ1v) is 11.1. The topological polar surface area (TPSA) is 47.9 Å². The van der Waals surface area contributed by atoms with Gasteiger partial charge in [0.25, 0.3) is 0 Å². The van der Waals surface area contributed by atoms with Gasteiger partial charge in [0.15, 0.2) is 14.1 Å². The van der Waals surface area contributed by atoms with Gasteiger partial charge in [0.05, 0.1) is 19.3 Å². The molecule has 2 atom stereocenters. The Morgan fingerprint density at radius 3 is 2.50 bits per heavy atom. The number of hydrogen-bond acceptors (Lipinski definition) is 4. The summed E-state index contributed by atoms with van der Waals surface area (Å²) in [6, 6.07) is 0. The second-order valence-corrected chi connectivity index (χ2v) is 12.8. The molecule has 0 aliphatic carbocycles. The number of ether oxygens (including phenoxy) is 2. The highest BCUT2D eigenvalue weighted by Gasteiger charge is 2.38. The fourth-order valence-electron chi connectivity index (χ4n) is 2.23. The summed E-state index contributed by atoms with van der Waals surface area (Å²) in [4.78, 5) is 0.